The molecule has 1 unspecified atom stereocenters. The van der Waals surface area contributed by atoms with Crippen molar-refractivity contribution in [3.63, 3.8) is 0 Å². The predicted octanol–water partition coefficient (Wildman–Crippen LogP) is 3.00. The standard InChI is InChI=1S/C18H23N3O3/c1-13(19-15(22)12-18(23)10-6-3-7-11-18)16-20-17(24-21-16)14-8-4-2-5-9-14/h2,4-5,8-9,13,23H,3,6-7,10-12H2,1H3,(H,19,22). The minimum Gasteiger partial charge on any atom is -0.389 e. The lowest BCUT2D eigenvalue weighted by atomic mass is 9.82. The number of hydrogen-bond acceptors (Lipinski definition) is 5. The maximum atomic E-state index is 12.2. The Bertz CT molecular complexity index is 678. The van der Waals surface area contributed by atoms with Gasteiger partial charge < -0.3 is 14.9 Å². The van der Waals surface area contributed by atoms with Gasteiger partial charge in [0, 0.05) is 5.56 Å². The van der Waals surface area contributed by atoms with E-state index in [1.165, 1.54) is 0 Å². The van der Waals surface area contributed by atoms with Crippen LogP contribution >= 0.6 is 0 Å². The Morgan fingerprint density at radius 1 is 1.29 bits per heavy atom. The van der Waals surface area contributed by atoms with Gasteiger partial charge in [0.25, 0.3) is 5.89 Å². The van der Waals surface area contributed by atoms with Crippen LogP contribution in [0.4, 0.5) is 0 Å². The zero-order valence-corrected chi connectivity index (χ0v) is 13.9. The Hall–Kier alpha value is -2.21. The predicted molar refractivity (Wildman–Crippen MR) is 88.9 cm³/mol. The van der Waals surface area contributed by atoms with E-state index in [2.05, 4.69) is 15.5 Å². The summed E-state index contributed by atoms with van der Waals surface area (Å²) in [5.74, 6) is 0.674. The highest BCUT2D eigenvalue weighted by Gasteiger charge is 2.32. The number of nitrogens with zero attached hydrogens (tertiary/aromatic N) is 2. The van der Waals surface area contributed by atoms with E-state index in [1.54, 1.807) is 0 Å². The van der Waals surface area contributed by atoms with Gasteiger partial charge in [0.15, 0.2) is 5.82 Å². The van der Waals surface area contributed by atoms with Gasteiger partial charge in [0.1, 0.15) is 0 Å². The van der Waals surface area contributed by atoms with Gasteiger partial charge in [0.05, 0.1) is 18.1 Å². The van der Waals surface area contributed by atoms with E-state index in [4.69, 9.17) is 4.52 Å². The first-order valence-corrected chi connectivity index (χ1v) is 8.46. The third kappa shape index (κ3) is 4.00. The first-order chi connectivity index (χ1) is 11.6. The normalized spacial score (nSPS) is 18.1. The molecule has 24 heavy (non-hydrogen) atoms. The molecule has 6 nitrogen and oxygen atoms in total. The molecule has 1 atom stereocenters. The number of aliphatic hydroxyl groups is 1. The van der Waals surface area contributed by atoms with Crippen LogP contribution in [-0.4, -0.2) is 26.8 Å². The summed E-state index contributed by atoms with van der Waals surface area (Å²) in [6.07, 6.45) is 4.59. The highest BCUT2D eigenvalue weighted by atomic mass is 16.5. The lowest BCUT2D eigenvalue weighted by Gasteiger charge is -2.31. The van der Waals surface area contributed by atoms with Crippen molar-refractivity contribution in [2.45, 2.75) is 57.1 Å². The fourth-order valence-corrected chi connectivity index (χ4v) is 3.15. The van der Waals surface area contributed by atoms with Crippen LogP contribution in [0.5, 0.6) is 0 Å². The largest absolute Gasteiger partial charge is 0.389 e. The monoisotopic (exact) mass is 329 g/mol. The molecule has 0 aliphatic heterocycles. The molecule has 1 aromatic carbocycles. The van der Waals surface area contributed by atoms with E-state index in [9.17, 15) is 9.90 Å². The Balaban J connectivity index is 1.59. The van der Waals surface area contributed by atoms with Gasteiger partial charge in [-0.25, -0.2) is 0 Å². The molecule has 1 fully saturated rings. The van der Waals surface area contributed by atoms with Gasteiger partial charge in [-0.2, -0.15) is 4.98 Å². The first kappa shape index (κ1) is 16.6. The number of benzene rings is 1. The molecule has 0 saturated heterocycles. The number of aromatic nitrogens is 2. The lowest BCUT2D eigenvalue weighted by molar-refractivity contribution is -0.128. The maximum Gasteiger partial charge on any atom is 0.257 e. The topological polar surface area (TPSA) is 88.2 Å². The molecule has 0 spiro atoms. The highest BCUT2D eigenvalue weighted by molar-refractivity contribution is 5.77. The molecule has 6 heteroatoms. The summed E-state index contributed by atoms with van der Waals surface area (Å²) in [4.78, 5) is 16.6. The summed E-state index contributed by atoms with van der Waals surface area (Å²) in [6, 6.07) is 9.12. The first-order valence-electron chi connectivity index (χ1n) is 8.46. The van der Waals surface area contributed by atoms with Gasteiger partial charge in [-0.1, -0.05) is 42.6 Å². The maximum absolute atomic E-state index is 12.2. The third-order valence-electron chi connectivity index (χ3n) is 4.50. The molecule has 1 aliphatic rings. The van der Waals surface area contributed by atoms with Crippen molar-refractivity contribution in [1.82, 2.24) is 15.5 Å². The molecule has 3 rings (SSSR count). The molecule has 128 valence electrons. The van der Waals surface area contributed by atoms with Crippen LogP contribution in [0.3, 0.4) is 0 Å². The quantitative estimate of drug-likeness (QED) is 0.880. The van der Waals surface area contributed by atoms with Crippen molar-refractivity contribution in [1.29, 1.82) is 0 Å². The van der Waals surface area contributed by atoms with Gasteiger partial charge in [-0.15, -0.1) is 0 Å². The van der Waals surface area contributed by atoms with Gasteiger partial charge in [0.2, 0.25) is 5.91 Å². The van der Waals surface area contributed by atoms with Gasteiger partial charge in [-0.3, -0.25) is 4.79 Å². The van der Waals surface area contributed by atoms with E-state index in [0.29, 0.717) is 24.6 Å². The Morgan fingerprint density at radius 3 is 2.71 bits per heavy atom. The van der Waals surface area contributed by atoms with Crippen LogP contribution < -0.4 is 5.32 Å². The molecule has 1 aliphatic carbocycles. The number of hydrogen-bond donors (Lipinski definition) is 2. The molecular weight excluding hydrogens is 306 g/mol. The number of nitrogens with one attached hydrogen (secondary N) is 1. The molecule has 1 aromatic heterocycles. The van der Waals surface area contributed by atoms with Crippen molar-refractivity contribution in [3.8, 4) is 11.5 Å². The Kier molecular flexibility index (Phi) is 4.94. The van der Waals surface area contributed by atoms with E-state index in [-0.39, 0.29) is 18.4 Å². The highest BCUT2D eigenvalue weighted by Crippen LogP contribution is 2.31. The molecule has 0 bridgehead atoms. The summed E-state index contributed by atoms with van der Waals surface area (Å²) in [5, 5.41) is 17.3. The molecule has 1 amide bonds. The molecule has 1 heterocycles. The van der Waals surface area contributed by atoms with Crippen LogP contribution in [0, 0.1) is 0 Å². The van der Waals surface area contributed by atoms with Crippen molar-refractivity contribution >= 4 is 5.91 Å². The summed E-state index contributed by atoms with van der Waals surface area (Å²) in [5.41, 5.74) is -0.0274. The zero-order chi connectivity index (χ0) is 17.0. The second kappa shape index (κ2) is 7.13. The average Bonchev–Trinajstić information content (AvgIpc) is 3.06. The van der Waals surface area contributed by atoms with E-state index >= 15 is 0 Å². The Labute approximate surface area is 141 Å². The van der Waals surface area contributed by atoms with Crippen LogP contribution in [0.25, 0.3) is 11.5 Å². The smallest absolute Gasteiger partial charge is 0.257 e. The van der Waals surface area contributed by atoms with Crippen molar-refractivity contribution in [3.05, 3.63) is 36.2 Å². The van der Waals surface area contributed by atoms with E-state index < -0.39 is 5.60 Å². The summed E-state index contributed by atoms with van der Waals surface area (Å²) in [7, 11) is 0. The fraction of sp³-hybridized carbons (Fsp3) is 0.500. The van der Waals surface area contributed by atoms with Gasteiger partial charge in [-0.05, 0) is 31.9 Å². The molecule has 1 saturated carbocycles. The number of carbonyl (C=O) groups is 1. The number of amides is 1. The molecule has 2 N–H and O–H groups in total. The van der Waals surface area contributed by atoms with Crippen molar-refractivity contribution < 1.29 is 14.4 Å². The SMILES string of the molecule is CC(NC(=O)CC1(O)CCCCC1)c1noc(-c2ccccc2)n1. The number of carbonyl (C=O) groups excluding carboxylic acids is 1. The Morgan fingerprint density at radius 2 is 2.00 bits per heavy atom. The second-order valence-electron chi connectivity index (χ2n) is 6.57. The van der Waals surface area contributed by atoms with Crippen molar-refractivity contribution in [2.24, 2.45) is 0 Å². The third-order valence-corrected chi connectivity index (χ3v) is 4.50. The van der Waals surface area contributed by atoms with Crippen molar-refractivity contribution in [2.75, 3.05) is 0 Å². The average molecular weight is 329 g/mol. The van der Waals surface area contributed by atoms with E-state index in [0.717, 1.165) is 24.8 Å². The lowest BCUT2D eigenvalue weighted by Crippen LogP contribution is -2.39. The fourth-order valence-electron chi connectivity index (χ4n) is 3.15. The minimum absolute atomic E-state index is 0.126. The van der Waals surface area contributed by atoms with Crippen LogP contribution in [0.1, 0.15) is 57.3 Å². The number of rotatable bonds is 5. The van der Waals surface area contributed by atoms with Crippen LogP contribution in [-0.2, 0) is 4.79 Å². The zero-order valence-electron chi connectivity index (χ0n) is 13.9. The van der Waals surface area contributed by atoms with Crippen LogP contribution in [0.15, 0.2) is 34.9 Å². The summed E-state index contributed by atoms with van der Waals surface area (Å²) >= 11 is 0. The summed E-state index contributed by atoms with van der Waals surface area (Å²) in [6.45, 7) is 1.81. The van der Waals surface area contributed by atoms with E-state index in [1.807, 2.05) is 37.3 Å². The summed E-state index contributed by atoms with van der Waals surface area (Å²) < 4.78 is 5.26. The molecular formula is C18H23N3O3. The van der Waals surface area contributed by atoms with Crippen LogP contribution in [0.2, 0.25) is 0 Å². The second-order valence-corrected chi connectivity index (χ2v) is 6.57. The molecule has 2 aromatic rings. The molecule has 0 radical (unpaired) electrons. The van der Waals surface area contributed by atoms with Gasteiger partial charge >= 0.3 is 0 Å². The minimum atomic E-state index is -0.867.